The zero-order valence-corrected chi connectivity index (χ0v) is 14.2. The van der Waals surface area contributed by atoms with Crippen LogP contribution in [0.15, 0.2) is 30.3 Å². The summed E-state index contributed by atoms with van der Waals surface area (Å²) in [4.78, 5) is 21.7. The molecule has 4 rings (SSSR count). The van der Waals surface area contributed by atoms with Crippen LogP contribution in [-0.4, -0.2) is 53.0 Å². The number of benzene rings is 1. The molecule has 24 heavy (non-hydrogen) atoms. The lowest BCUT2D eigenvalue weighted by atomic mass is 10.2. The predicted molar refractivity (Wildman–Crippen MR) is 96.3 cm³/mol. The summed E-state index contributed by atoms with van der Waals surface area (Å²) >= 11 is 0. The van der Waals surface area contributed by atoms with Gasteiger partial charge in [0.2, 0.25) is 0 Å². The van der Waals surface area contributed by atoms with Gasteiger partial charge in [-0.15, -0.1) is 0 Å². The van der Waals surface area contributed by atoms with Crippen molar-refractivity contribution in [1.29, 1.82) is 0 Å². The van der Waals surface area contributed by atoms with Crippen molar-refractivity contribution in [2.75, 3.05) is 31.5 Å². The van der Waals surface area contributed by atoms with E-state index in [1.54, 1.807) is 0 Å². The Balaban J connectivity index is 1.47. The minimum Gasteiger partial charge on any atom is -0.323 e. The number of aromatic nitrogens is 1. The Kier molecular flexibility index (Phi) is 4.10. The molecule has 1 atom stereocenters. The van der Waals surface area contributed by atoms with Gasteiger partial charge < -0.3 is 10.2 Å². The number of hydrogen-bond acceptors (Lipinski definition) is 3. The maximum absolute atomic E-state index is 12.7. The van der Waals surface area contributed by atoms with Crippen LogP contribution < -0.4 is 5.32 Å². The average molecular weight is 324 g/mol. The first kappa shape index (κ1) is 15.4. The highest BCUT2D eigenvalue weighted by Crippen LogP contribution is 2.24. The Morgan fingerprint density at radius 3 is 2.83 bits per heavy atom. The van der Waals surface area contributed by atoms with E-state index < -0.39 is 0 Å². The normalized spacial score (nSPS) is 21.5. The van der Waals surface area contributed by atoms with Gasteiger partial charge in [-0.25, -0.2) is 4.79 Å². The van der Waals surface area contributed by atoms with Crippen molar-refractivity contribution in [2.45, 2.75) is 32.2 Å². The summed E-state index contributed by atoms with van der Waals surface area (Å²) in [7, 11) is 0. The number of para-hydroxylation sites is 1. The van der Waals surface area contributed by atoms with Crippen LogP contribution in [0.3, 0.4) is 0 Å². The first-order valence-corrected chi connectivity index (χ1v) is 8.87. The Morgan fingerprint density at radius 2 is 2.00 bits per heavy atom. The summed E-state index contributed by atoms with van der Waals surface area (Å²) in [6.45, 7) is 6.02. The molecule has 5 heteroatoms. The maximum Gasteiger partial charge on any atom is 0.321 e. The number of rotatable bonds is 2. The predicted octanol–water partition coefficient (Wildman–Crippen LogP) is 3.25. The van der Waals surface area contributed by atoms with Gasteiger partial charge in [-0.05, 0) is 51.4 Å². The van der Waals surface area contributed by atoms with Crippen molar-refractivity contribution in [1.82, 2.24) is 14.8 Å². The van der Waals surface area contributed by atoms with E-state index in [2.05, 4.69) is 15.2 Å². The number of aryl methyl sites for hydroxylation is 1. The third kappa shape index (κ3) is 2.96. The number of hydrogen-bond donors (Lipinski definition) is 1. The van der Waals surface area contributed by atoms with Gasteiger partial charge in [0.05, 0.1) is 11.2 Å². The van der Waals surface area contributed by atoms with Gasteiger partial charge in [0.25, 0.3) is 0 Å². The third-order valence-electron chi connectivity index (χ3n) is 5.21. The Hall–Kier alpha value is -2.14. The van der Waals surface area contributed by atoms with Crippen molar-refractivity contribution in [3.8, 4) is 0 Å². The van der Waals surface area contributed by atoms with Crippen molar-refractivity contribution in [3.05, 3.63) is 36.0 Å². The molecule has 1 N–H and O–H groups in total. The van der Waals surface area contributed by atoms with Crippen LogP contribution in [0.4, 0.5) is 10.5 Å². The molecular weight excluding hydrogens is 300 g/mol. The number of fused-ring (bicyclic) bond motifs is 1. The number of nitrogens with one attached hydrogen (secondary N) is 1. The second-order valence-electron chi connectivity index (χ2n) is 6.89. The van der Waals surface area contributed by atoms with E-state index in [1.165, 1.54) is 25.9 Å². The van der Waals surface area contributed by atoms with Crippen LogP contribution in [0.1, 0.15) is 25.0 Å². The molecule has 0 bridgehead atoms. The number of likely N-dealkylation sites (tertiary alicyclic amines) is 2. The van der Waals surface area contributed by atoms with Gasteiger partial charge in [-0.2, -0.15) is 0 Å². The SMILES string of the molecule is Cc1ccc2cccc(NC(=O)N3CC[C@@H](N4CCCC4)C3)c2n1. The molecule has 0 unspecified atom stereocenters. The summed E-state index contributed by atoms with van der Waals surface area (Å²) in [6, 6.07) is 10.5. The van der Waals surface area contributed by atoms with Gasteiger partial charge >= 0.3 is 6.03 Å². The Labute approximate surface area is 142 Å². The lowest BCUT2D eigenvalue weighted by Gasteiger charge is -2.23. The molecule has 1 aromatic carbocycles. The minimum atomic E-state index is -0.00694. The standard InChI is InChI=1S/C19H24N4O/c1-14-7-8-15-5-4-6-17(18(15)20-14)21-19(24)23-12-9-16(13-23)22-10-2-3-11-22/h4-8,16H,2-3,9-13H2,1H3,(H,21,24)/t16-/m1/s1. The van der Waals surface area contributed by atoms with Crippen molar-refractivity contribution < 1.29 is 4.79 Å². The second kappa shape index (κ2) is 6.40. The van der Waals surface area contributed by atoms with Crippen LogP contribution in [0.25, 0.3) is 10.9 Å². The van der Waals surface area contributed by atoms with E-state index in [0.29, 0.717) is 6.04 Å². The molecule has 2 aliphatic heterocycles. The van der Waals surface area contributed by atoms with E-state index >= 15 is 0 Å². The van der Waals surface area contributed by atoms with Gasteiger partial charge in [-0.1, -0.05) is 18.2 Å². The summed E-state index contributed by atoms with van der Waals surface area (Å²) < 4.78 is 0. The van der Waals surface area contributed by atoms with Gasteiger partial charge in [0.1, 0.15) is 0 Å². The summed E-state index contributed by atoms with van der Waals surface area (Å²) in [5.74, 6) is 0. The molecule has 5 nitrogen and oxygen atoms in total. The topological polar surface area (TPSA) is 48.5 Å². The van der Waals surface area contributed by atoms with Gasteiger partial charge in [0.15, 0.2) is 0 Å². The molecule has 1 aromatic heterocycles. The number of carbonyl (C=O) groups is 1. The molecule has 2 amide bonds. The molecule has 3 heterocycles. The van der Waals surface area contributed by atoms with Crippen LogP contribution in [0.5, 0.6) is 0 Å². The molecule has 126 valence electrons. The number of amides is 2. The van der Waals surface area contributed by atoms with E-state index in [9.17, 15) is 4.79 Å². The largest absolute Gasteiger partial charge is 0.323 e. The van der Waals surface area contributed by atoms with E-state index in [0.717, 1.165) is 41.8 Å². The van der Waals surface area contributed by atoms with Gasteiger partial charge in [-0.3, -0.25) is 9.88 Å². The van der Waals surface area contributed by atoms with E-state index in [-0.39, 0.29) is 6.03 Å². The van der Waals surface area contributed by atoms with Gasteiger partial charge in [0, 0.05) is 30.2 Å². The smallest absolute Gasteiger partial charge is 0.321 e. The van der Waals surface area contributed by atoms with Crippen molar-refractivity contribution >= 4 is 22.6 Å². The number of urea groups is 1. The number of carbonyl (C=O) groups excluding carboxylic acids is 1. The number of nitrogens with zero attached hydrogens (tertiary/aromatic N) is 3. The Bertz CT molecular complexity index is 754. The lowest BCUT2D eigenvalue weighted by molar-refractivity contribution is 0.210. The van der Waals surface area contributed by atoms with Crippen molar-refractivity contribution in [3.63, 3.8) is 0 Å². The fourth-order valence-corrected chi connectivity index (χ4v) is 3.87. The highest BCUT2D eigenvalue weighted by atomic mass is 16.2. The van der Waals surface area contributed by atoms with Crippen LogP contribution in [-0.2, 0) is 0 Å². The third-order valence-corrected chi connectivity index (χ3v) is 5.21. The fourth-order valence-electron chi connectivity index (χ4n) is 3.87. The molecule has 2 aromatic rings. The summed E-state index contributed by atoms with van der Waals surface area (Å²) in [5, 5.41) is 4.12. The van der Waals surface area contributed by atoms with E-state index in [4.69, 9.17) is 0 Å². The number of anilines is 1. The first-order chi connectivity index (χ1) is 11.7. The first-order valence-electron chi connectivity index (χ1n) is 8.87. The maximum atomic E-state index is 12.7. The monoisotopic (exact) mass is 324 g/mol. The van der Waals surface area contributed by atoms with Crippen LogP contribution in [0.2, 0.25) is 0 Å². The number of pyridine rings is 1. The molecule has 0 radical (unpaired) electrons. The summed E-state index contributed by atoms with van der Waals surface area (Å²) in [5.41, 5.74) is 2.62. The quantitative estimate of drug-likeness (QED) is 0.922. The molecular formula is C19H24N4O. The van der Waals surface area contributed by atoms with Crippen molar-refractivity contribution in [2.24, 2.45) is 0 Å². The fraction of sp³-hybridized carbons (Fsp3) is 0.474. The zero-order chi connectivity index (χ0) is 16.5. The zero-order valence-electron chi connectivity index (χ0n) is 14.2. The van der Waals surface area contributed by atoms with E-state index in [1.807, 2.05) is 42.2 Å². The molecule has 0 saturated carbocycles. The average Bonchev–Trinajstić information content (AvgIpc) is 3.26. The molecule has 2 saturated heterocycles. The minimum absolute atomic E-state index is 0.00694. The summed E-state index contributed by atoms with van der Waals surface area (Å²) in [6.07, 6.45) is 3.67. The second-order valence-corrected chi connectivity index (χ2v) is 6.89. The van der Waals surface area contributed by atoms with Crippen LogP contribution >= 0.6 is 0 Å². The molecule has 2 fully saturated rings. The molecule has 0 aliphatic carbocycles. The molecule has 0 spiro atoms. The highest BCUT2D eigenvalue weighted by Gasteiger charge is 2.31. The lowest BCUT2D eigenvalue weighted by Crippen LogP contribution is -2.38. The molecule has 2 aliphatic rings. The Morgan fingerprint density at radius 1 is 1.17 bits per heavy atom. The highest BCUT2D eigenvalue weighted by molar-refractivity contribution is 5.99. The van der Waals surface area contributed by atoms with Crippen LogP contribution in [0, 0.1) is 6.92 Å².